The molecule has 0 aromatic heterocycles. The van der Waals surface area contributed by atoms with E-state index in [9.17, 15) is 0 Å². The maximum absolute atomic E-state index is 8.49. The van der Waals surface area contributed by atoms with Crippen molar-refractivity contribution in [1.82, 2.24) is 0 Å². The minimum absolute atomic E-state index is 0.233. The van der Waals surface area contributed by atoms with E-state index in [4.69, 9.17) is 26.3 Å². The van der Waals surface area contributed by atoms with Gasteiger partial charge in [0, 0.05) is 11.1 Å². The van der Waals surface area contributed by atoms with Gasteiger partial charge in [-0.3, -0.25) is 0 Å². The topological polar surface area (TPSA) is 38.0 Å². The summed E-state index contributed by atoms with van der Waals surface area (Å²) in [5.41, 5.74) is 3.68. The van der Waals surface area contributed by atoms with Gasteiger partial charge in [-0.2, -0.15) is 0 Å². The van der Waals surface area contributed by atoms with Crippen LogP contribution in [-0.2, 0) is 0 Å². The van der Waals surface area contributed by atoms with Gasteiger partial charge in [0.1, 0.15) is 0 Å². The highest BCUT2D eigenvalue weighted by molar-refractivity contribution is 5.94. The summed E-state index contributed by atoms with van der Waals surface area (Å²) in [7, 11) is 0. The first-order chi connectivity index (χ1) is 19.0. The first-order valence-electron chi connectivity index (χ1n) is 14.9. The molecule has 0 spiro atoms. The molecule has 3 N–H and O–H groups in total. The lowest BCUT2D eigenvalue weighted by Crippen LogP contribution is -1.99. The van der Waals surface area contributed by atoms with E-state index in [1.165, 1.54) is 0 Å². The first-order valence-corrected chi connectivity index (χ1v) is 7.44. The Labute approximate surface area is 175 Å². The standard InChI is InChI=1S/C24H20N2/c25-22-16-7-8-17-23(22)26-24-20(18-10-3-1-4-11-18)14-9-15-21(24)19-12-5-2-6-13-19/h1-17,26H,25H2/i1D,2D,3D,4D,5D,6D,7D,8D,9D,10D,11D,12D,13D,16D,17D. The number of anilines is 3. The van der Waals surface area contributed by atoms with Crippen molar-refractivity contribution in [3.8, 4) is 22.3 Å². The van der Waals surface area contributed by atoms with Crippen molar-refractivity contribution in [2.45, 2.75) is 0 Å². The summed E-state index contributed by atoms with van der Waals surface area (Å²) < 4.78 is 123. The Morgan fingerprint density at radius 2 is 1.12 bits per heavy atom. The SMILES string of the molecule is [2H]c1cc(-c2c([2H])c([2H])c([2H])c([2H])c2[2H])c(Nc2c([2H])c([2H])c([2H])c([2H])c2N)c(-c2c([2H])c([2H])c([2H])c([2H])c2[2H])c1. The van der Waals surface area contributed by atoms with E-state index in [1.54, 1.807) is 0 Å². The summed E-state index contributed by atoms with van der Waals surface area (Å²) in [6.07, 6.45) is 0. The second kappa shape index (κ2) is 7.16. The zero-order valence-corrected chi connectivity index (χ0v) is 13.2. The summed E-state index contributed by atoms with van der Waals surface area (Å²) in [6, 6.07) is -7.44. The van der Waals surface area contributed by atoms with Gasteiger partial charge in [0.15, 0.2) is 0 Å². The second-order valence-electron chi connectivity index (χ2n) is 5.07. The normalized spacial score (nSPS) is 18.5. The van der Waals surface area contributed by atoms with Crippen molar-refractivity contribution in [2.24, 2.45) is 0 Å². The van der Waals surface area contributed by atoms with Crippen LogP contribution in [0.25, 0.3) is 22.3 Å². The fraction of sp³-hybridized carbons (Fsp3) is 0. The number of nitrogens with one attached hydrogen (secondary N) is 1. The highest BCUT2D eigenvalue weighted by Gasteiger charge is 2.13. The quantitative estimate of drug-likeness (QED) is 0.421. The summed E-state index contributed by atoms with van der Waals surface area (Å²) in [6.45, 7) is 0. The fourth-order valence-electron chi connectivity index (χ4n) is 2.34. The van der Waals surface area contributed by atoms with Crippen molar-refractivity contribution in [3.05, 3.63) is 103 Å². The van der Waals surface area contributed by atoms with Crippen molar-refractivity contribution in [1.29, 1.82) is 0 Å². The van der Waals surface area contributed by atoms with Crippen LogP contribution in [0.2, 0.25) is 0 Å². The van der Waals surface area contributed by atoms with E-state index < -0.39 is 101 Å². The Morgan fingerprint density at radius 1 is 0.615 bits per heavy atom. The van der Waals surface area contributed by atoms with Gasteiger partial charge in [0.05, 0.1) is 37.6 Å². The van der Waals surface area contributed by atoms with E-state index in [0.29, 0.717) is 0 Å². The summed E-state index contributed by atoms with van der Waals surface area (Å²) in [5.74, 6) is 0. The van der Waals surface area contributed by atoms with Crippen LogP contribution in [-0.4, -0.2) is 0 Å². The van der Waals surface area contributed by atoms with E-state index in [0.717, 1.165) is 12.1 Å². The van der Waals surface area contributed by atoms with E-state index in [1.807, 2.05) is 0 Å². The molecule has 0 aliphatic rings. The van der Waals surface area contributed by atoms with E-state index in [-0.39, 0.29) is 28.5 Å². The lowest BCUT2D eigenvalue weighted by Gasteiger charge is -2.18. The van der Waals surface area contributed by atoms with Crippen LogP contribution in [0, 0.1) is 0 Å². The largest absolute Gasteiger partial charge is 0.397 e. The van der Waals surface area contributed by atoms with Gasteiger partial charge in [0.25, 0.3) is 0 Å². The molecule has 4 aromatic carbocycles. The Hall–Kier alpha value is -3.52. The van der Waals surface area contributed by atoms with Crippen LogP contribution >= 0.6 is 0 Å². The number of para-hydroxylation sites is 3. The van der Waals surface area contributed by atoms with Crippen LogP contribution in [0.4, 0.5) is 17.1 Å². The molecule has 0 unspecified atom stereocenters. The molecular weight excluding hydrogens is 316 g/mol. The molecule has 26 heavy (non-hydrogen) atoms. The number of nitrogens with two attached hydrogens (primary N) is 1. The average molecular weight is 352 g/mol. The van der Waals surface area contributed by atoms with Crippen LogP contribution in [0.5, 0.6) is 0 Å². The minimum atomic E-state index is -0.701. The number of benzene rings is 4. The summed E-state index contributed by atoms with van der Waals surface area (Å²) >= 11 is 0. The number of nitrogen functional groups attached to an aromatic ring is 1. The predicted molar refractivity (Wildman–Crippen MR) is 111 cm³/mol. The molecule has 126 valence electrons. The monoisotopic (exact) mass is 351 g/mol. The zero-order valence-electron chi connectivity index (χ0n) is 28.2. The summed E-state index contributed by atoms with van der Waals surface area (Å²) in [5, 5.41) is 2.74. The lowest BCUT2D eigenvalue weighted by molar-refractivity contribution is 1.52. The Balaban J connectivity index is 2.25. The molecule has 0 atom stereocenters. The van der Waals surface area contributed by atoms with Gasteiger partial charge >= 0.3 is 0 Å². The highest BCUT2D eigenvalue weighted by Crippen LogP contribution is 2.39. The Morgan fingerprint density at radius 3 is 1.69 bits per heavy atom. The van der Waals surface area contributed by atoms with Gasteiger partial charge in [-0.15, -0.1) is 0 Å². The third-order valence-corrected chi connectivity index (χ3v) is 3.50. The molecule has 0 amide bonds. The average Bonchev–Trinajstić information content (AvgIpc) is 2.94. The van der Waals surface area contributed by atoms with Gasteiger partial charge in [-0.25, -0.2) is 0 Å². The Bertz CT molecular complexity index is 1610. The van der Waals surface area contributed by atoms with Gasteiger partial charge < -0.3 is 11.1 Å². The Kier molecular flexibility index (Phi) is 1.74. The van der Waals surface area contributed by atoms with Crippen LogP contribution in [0.15, 0.2) is 103 Å². The molecule has 0 saturated heterocycles. The molecule has 0 saturated carbocycles. The van der Waals surface area contributed by atoms with Crippen LogP contribution < -0.4 is 11.1 Å². The molecule has 4 aromatic rings. The van der Waals surface area contributed by atoms with Crippen LogP contribution in [0.3, 0.4) is 0 Å². The molecule has 4 rings (SSSR count). The highest BCUT2D eigenvalue weighted by atomic mass is 14.9. The van der Waals surface area contributed by atoms with Crippen molar-refractivity contribution >= 4 is 17.1 Å². The van der Waals surface area contributed by atoms with Crippen LogP contribution in [0.1, 0.15) is 20.6 Å². The van der Waals surface area contributed by atoms with Crippen molar-refractivity contribution in [3.63, 3.8) is 0 Å². The molecule has 2 heteroatoms. The molecular formula is C24H20N2. The van der Waals surface area contributed by atoms with Gasteiger partial charge in [0.2, 0.25) is 0 Å². The van der Waals surface area contributed by atoms with Gasteiger partial charge in [-0.1, -0.05) is 90.7 Å². The predicted octanol–water partition coefficient (Wildman–Crippen LogP) is 6.35. The molecule has 0 fully saturated rings. The molecule has 0 aliphatic heterocycles. The zero-order chi connectivity index (χ0) is 30.8. The van der Waals surface area contributed by atoms with E-state index >= 15 is 0 Å². The third kappa shape index (κ3) is 3.17. The number of rotatable bonds is 4. The second-order valence-corrected chi connectivity index (χ2v) is 5.07. The number of hydrogen-bond donors (Lipinski definition) is 2. The van der Waals surface area contributed by atoms with Crippen molar-refractivity contribution < 1.29 is 20.6 Å². The lowest BCUT2D eigenvalue weighted by atomic mass is 9.95. The summed E-state index contributed by atoms with van der Waals surface area (Å²) in [4.78, 5) is 0. The van der Waals surface area contributed by atoms with Crippen molar-refractivity contribution in [2.75, 3.05) is 11.1 Å². The minimum Gasteiger partial charge on any atom is -0.397 e. The number of hydrogen-bond acceptors (Lipinski definition) is 2. The first kappa shape index (κ1) is 6.33. The smallest absolute Gasteiger partial charge is 0.0645 e. The molecule has 0 heterocycles. The van der Waals surface area contributed by atoms with E-state index in [2.05, 4.69) is 5.32 Å². The van der Waals surface area contributed by atoms with Gasteiger partial charge in [-0.05, 0) is 23.2 Å². The molecule has 2 nitrogen and oxygen atoms in total. The fourth-order valence-corrected chi connectivity index (χ4v) is 2.34. The molecule has 0 aliphatic carbocycles. The molecule has 0 bridgehead atoms. The maximum Gasteiger partial charge on any atom is 0.0645 e. The molecule has 0 radical (unpaired) electrons. The third-order valence-electron chi connectivity index (χ3n) is 3.50. The maximum atomic E-state index is 8.49.